The van der Waals surface area contributed by atoms with E-state index in [-0.39, 0.29) is 29.4 Å². The molecular formula is C22H25ClN2O5S2. The number of rotatable bonds is 10. The number of carbonyl (C=O) groups is 1. The third kappa shape index (κ3) is 6.19. The van der Waals surface area contributed by atoms with Crippen molar-refractivity contribution in [3.8, 4) is 5.75 Å². The van der Waals surface area contributed by atoms with E-state index in [4.69, 9.17) is 21.1 Å². The number of nitrogens with zero attached hydrogens (tertiary/aromatic N) is 2. The number of amides is 1. The number of thiazole rings is 1. The molecule has 7 nitrogen and oxygen atoms in total. The van der Waals surface area contributed by atoms with E-state index in [1.165, 1.54) is 30.6 Å². The summed E-state index contributed by atoms with van der Waals surface area (Å²) in [6.45, 7) is 3.56. The van der Waals surface area contributed by atoms with Crippen LogP contribution in [0.4, 0.5) is 0 Å². The highest BCUT2D eigenvalue weighted by molar-refractivity contribution is 7.91. The zero-order chi connectivity index (χ0) is 23.1. The second-order valence-corrected chi connectivity index (χ2v) is 10.5. The van der Waals surface area contributed by atoms with Crippen molar-refractivity contribution in [2.24, 2.45) is 4.99 Å². The average Bonchev–Trinajstić information content (AvgIpc) is 3.09. The molecule has 0 N–H and O–H groups in total. The first-order valence-corrected chi connectivity index (χ1v) is 13.0. The van der Waals surface area contributed by atoms with Crippen LogP contribution in [-0.4, -0.2) is 45.0 Å². The van der Waals surface area contributed by atoms with E-state index in [1.807, 2.05) is 23.6 Å². The van der Waals surface area contributed by atoms with Crippen molar-refractivity contribution >= 4 is 48.9 Å². The van der Waals surface area contributed by atoms with Gasteiger partial charge < -0.3 is 14.0 Å². The summed E-state index contributed by atoms with van der Waals surface area (Å²) < 4.78 is 38.4. The standard InChI is InChI=1S/C22H25ClN2O5S2/c1-3-30-13-12-25-19-11-6-16(23)15-20(19)31-22(25)24-21(26)5-4-14-32(27,28)18-9-7-17(29-2)8-10-18/h6-11,15H,3-5,12-14H2,1-2H3. The summed E-state index contributed by atoms with van der Waals surface area (Å²) in [6, 6.07) is 11.7. The predicted octanol–water partition coefficient (Wildman–Crippen LogP) is 4.08. The summed E-state index contributed by atoms with van der Waals surface area (Å²) >= 11 is 7.47. The van der Waals surface area contributed by atoms with Gasteiger partial charge in [-0.25, -0.2) is 8.42 Å². The van der Waals surface area contributed by atoms with E-state index < -0.39 is 9.84 Å². The molecule has 2 aromatic carbocycles. The van der Waals surface area contributed by atoms with Crippen LogP contribution in [0.3, 0.4) is 0 Å². The van der Waals surface area contributed by atoms with Crippen molar-refractivity contribution in [1.82, 2.24) is 4.57 Å². The molecular weight excluding hydrogens is 472 g/mol. The van der Waals surface area contributed by atoms with Gasteiger partial charge >= 0.3 is 0 Å². The second kappa shape index (κ2) is 11.1. The number of carbonyl (C=O) groups excluding carboxylic acids is 1. The Hall–Kier alpha value is -2.20. The molecule has 0 aliphatic heterocycles. The van der Waals surface area contributed by atoms with Crippen LogP contribution in [0.25, 0.3) is 10.2 Å². The Morgan fingerprint density at radius 1 is 1.19 bits per heavy atom. The van der Waals surface area contributed by atoms with Gasteiger partial charge in [0.25, 0.3) is 0 Å². The minimum Gasteiger partial charge on any atom is -0.497 e. The van der Waals surface area contributed by atoms with Crippen molar-refractivity contribution < 1.29 is 22.7 Å². The minimum atomic E-state index is -3.49. The molecule has 0 aliphatic rings. The smallest absolute Gasteiger partial charge is 0.248 e. The molecule has 3 rings (SSSR count). The third-order valence-corrected chi connectivity index (χ3v) is 7.84. The molecule has 0 saturated heterocycles. The van der Waals surface area contributed by atoms with Gasteiger partial charge in [0.2, 0.25) is 5.91 Å². The van der Waals surface area contributed by atoms with E-state index in [2.05, 4.69) is 4.99 Å². The van der Waals surface area contributed by atoms with Gasteiger partial charge in [-0.1, -0.05) is 22.9 Å². The summed E-state index contributed by atoms with van der Waals surface area (Å²) in [7, 11) is -1.97. The topological polar surface area (TPSA) is 87.0 Å². The number of halogens is 1. The van der Waals surface area contributed by atoms with Gasteiger partial charge in [-0.3, -0.25) is 4.79 Å². The van der Waals surface area contributed by atoms with Crippen molar-refractivity contribution in [2.75, 3.05) is 26.1 Å². The van der Waals surface area contributed by atoms with Crippen LogP contribution < -0.4 is 9.54 Å². The number of hydrogen-bond donors (Lipinski definition) is 0. The van der Waals surface area contributed by atoms with Crippen LogP contribution in [0.5, 0.6) is 5.75 Å². The molecule has 0 spiro atoms. The van der Waals surface area contributed by atoms with E-state index in [0.717, 1.165) is 10.2 Å². The summed E-state index contributed by atoms with van der Waals surface area (Å²) in [5.41, 5.74) is 0.924. The van der Waals surface area contributed by atoms with E-state index in [1.54, 1.807) is 18.2 Å². The molecule has 0 fully saturated rings. The summed E-state index contributed by atoms with van der Waals surface area (Å²) in [4.78, 5) is 17.5. The number of fused-ring (bicyclic) bond motifs is 1. The van der Waals surface area contributed by atoms with Gasteiger partial charge in [-0.05, 0) is 55.8 Å². The quantitative estimate of drug-likeness (QED) is 0.395. The predicted molar refractivity (Wildman–Crippen MR) is 126 cm³/mol. The molecule has 0 atom stereocenters. The molecule has 0 radical (unpaired) electrons. The number of ether oxygens (including phenoxy) is 2. The normalized spacial score (nSPS) is 12.4. The summed E-state index contributed by atoms with van der Waals surface area (Å²) in [6.07, 6.45) is 0.224. The molecule has 0 bridgehead atoms. The zero-order valence-electron chi connectivity index (χ0n) is 17.9. The number of aromatic nitrogens is 1. The van der Waals surface area contributed by atoms with Crippen molar-refractivity contribution in [1.29, 1.82) is 0 Å². The first-order valence-electron chi connectivity index (χ1n) is 10.1. The Morgan fingerprint density at radius 2 is 1.94 bits per heavy atom. The average molecular weight is 497 g/mol. The van der Waals surface area contributed by atoms with Gasteiger partial charge in [-0.15, -0.1) is 0 Å². The van der Waals surface area contributed by atoms with Gasteiger partial charge in [-0.2, -0.15) is 4.99 Å². The van der Waals surface area contributed by atoms with Crippen LogP contribution in [0.2, 0.25) is 5.02 Å². The first kappa shape index (κ1) is 24.4. The minimum absolute atomic E-state index is 0.0375. The molecule has 0 saturated carbocycles. The lowest BCUT2D eigenvalue weighted by molar-refractivity contribution is -0.118. The maximum atomic E-state index is 12.5. The summed E-state index contributed by atoms with van der Waals surface area (Å²) in [5, 5.41) is 0.609. The lowest BCUT2D eigenvalue weighted by atomic mass is 10.3. The van der Waals surface area contributed by atoms with Gasteiger partial charge in [0.15, 0.2) is 14.6 Å². The first-order chi connectivity index (χ1) is 15.3. The molecule has 172 valence electrons. The zero-order valence-corrected chi connectivity index (χ0v) is 20.3. The molecule has 32 heavy (non-hydrogen) atoms. The highest BCUT2D eigenvalue weighted by Crippen LogP contribution is 2.22. The fraction of sp³-hybridized carbons (Fsp3) is 0.364. The molecule has 0 aliphatic carbocycles. The molecule has 1 aromatic heterocycles. The maximum absolute atomic E-state index is 12.5. The van der Waals surface area contributed by atoms with E-state index in [9.17, 15) is 13.2 Å². The van der Waals surface area contributed by atoms with Crippen LogP contribution >= 0.6 is 22.9 Å². The molecule has 1 amide bonds. The fourth-order valence-electron chi connectivity index (χ4n) is 3.13. The van der Waals surface area contributed by atoms with Crippen LogP contribution in [-0.2, 0) is 25.9 Å². The summed E-state index contributed by atoms with van der Waals surface area (Å²) in [5.74, 6) is 0.0883. The van der Waals surface area contributed by atoms with Gasteiger partial charge in [0.1, 0.15) is 5.75 Å². The fourth-order valence-corrected chi connectivity index (χ4v) is 5.79. The molecule has 10 heteroatoms. The van der Waals surface area contributed by atoms with Crippen molar-refractivity contribution in [3.05, 3.63) is 52.3 Å². The number of hydrogen-bond acceptors (Lipinski definition) is 6. The Kier molecular flexibility index (Phi) is 8.47. The number of sulfone groups is 1. The van der Waals surface area contributed by atoms with Crippen LogP contribution in [0.1, 0.15) is 19.8 Å². The Bertz CT molecular complexity index is 1250. The number of methoxy groups -OCH3 is 1. The largest absolute Gasteiger partial charge is 0.497 e. The maximum Gasteiger partial charge on any atom is 0.248 e. The van der Waals surface area contributed by atoms with Crippen LogP contribution in [0.15, 0.2) is 52.4 Å². The Balaban J connectivity index is 1.72. The van der Waals surface area contributed by atoms with Crippen molar-refractivity contribution in [2.45, 2.75) is 31.2 Å². The van der Waals surface area contributed by atoms with E-state index >= 15 is 0 Å². The third-order valence-electron chi connectivity index (χ3n) is 4.75. The lowest BCUT2D eigenvalue weighted by Gasteiger charge is -2.06. The van der Waals surface area contributed by atoms with Crippen molar-refractivity contribution in [3.63, 3.8) is 0 Å². The number of benzene rings is 2. The Morgan fingerprint density at radius 3 is 2.62 bits per heavy atom. The molecule has 1 heterocycles. The van der Waals surface area contributed by atoms with E-state index in [0.29, 0.717) is 35.3 Å². The van der Waals surface area contributed by atoms with Crippen LogP contribution in [0, 0.1) is 0 Å². The van der Waals surface area contributed by atoms with Gasteiger partial charge in [0, 0.05) is 24.6 Å². The monoisotopic (exact) mass is 496 g/mol. The molecule has 0 unspecified atom stereocenters. The van der Waals surface area contributed by atoms with Gasteiger partial charge in [0.05, 0.1) is 34.6 Å². The molecule has 3 aromatic rings. The SMILES string of the molecule is CCOCCn1c(=NC(=O)CCCS(=O)(=O)c2ccc(OC)cc2)sc2cc(Cl)ccc21. The second-order valence-electron chi connectivity index (χ2n) is 6.95. The Labute approximate surface area is 196 Å². The lowest BCUT2D eigenvalue weighted by Crippen LogP contribution is -2.20. The highest BCUT2D eigenvalue weighted by Gasteiger charge is 2.15. The highest BCUT2D eigenvalue weighted by atomic mass is 35.5.